The Bertz CT molecular complexity index is 1100. The topological polar surface area (TPSA) is 76.0 Å². The Morgan fingerprint density at radius 2 is 1.90 bits per heavy atom. The summed E-state index contributed by atoms with van der Waals surface area (Å²) in [4.78, 5) is 27.4. The molecule has 2 aromatic heterocycles. The van der Waals surface area contributed by atoms with Gasteiger partial charge < -0.3 is 10.6 Å². The molecule has 3 aromatic rings. The van der Waals surface area contributed by atoms with E-state index >= 15 is 0 Å². The molecular weight excluding hydrogens is 415 g/mol. The van der Waals surface area contributed by atoms with E-state index in [2.05, 4.69) is 15.7 Å². The normalized spacial score (nSPS) is 15.7. The van der Waals surface area contributed by atoms with Crippen molar-refractivity contribution in [1.29, 1.82) is 0 Å². The van der Waals surface area contributed by atoms with Gasteiger partial charge in [0.15, 0.2) is 0 Å². The van der Waals surface area contributed by atoms with Gasteiger partial charge in [-0.1, -0.05) is 31.4 Å². The molecular formula is C23H27FN4O2S. The molecule has 0 saturated heterocycles. The van der Waals surface area contributed by atoms with E-state index in [0.29, 0.717) is 30.8 Å². The van der Waals surface area contributed by atoms with Crippen molar-refractivity contribution in [2.45, 2.75) is 58.0 Å². The minimum absolute atomic E-state index is 0.0946. The number of amides is 2. The van der Waals surface area contributed by atoms with E-state index in [1.807, 2.05) is 24.6 Å². The monoisotopic (exact) mass is 442 g/mol. The Morgan fingerprint density at radius 1 is 1.19 bits per heavy atom. The molecule has 6 nitrogen and oxygen atoms in total. The zero-order valence-electron chi connectivity index (χ0n) is 17.8. The fourth-order valence-electron chi connectivity index (χ4n) is 4.27. The molecule has 31 heavy (non-hydrogen) atoms. The third kappa shape index (κ3) is 4.35. The van der Waals surface area contributed by atoms with Gasteiger partial charge in [0.2, 0.25) is 5.91 Å². The lowest BCUT2D eigenvalue weighted by Gasteiger charge is -2.36. The number of halogens is 1. The molecule has 2 N–H and O–H groups in total. The number of rotatable bonds is 6. The number of carbonyl (C=O) groups is 2. The van der Waals surface area contributed by atoms with Gasteiger partial charge in [0.1, 0.15) is 16.2 Å². The van der Waals surface area contributed by atoms with Crippen LogP contribution in [0, 0.1) is 12.7 Å². The quantitative estimate of drug-likeness (QED) is 0.602. The van der Waals surface area contributed by atoms with Crippen LogP contribution in [0.5, 0.6) is 0 Å². The van der Waals surface area contributed by atoms with Gasteiger partial charge in [-0.3, -0.25) is 14.3 Å². The molecule has 2 amide bonds. The maximum absolute atomic E-state index is 13.2. The zero-order valence-corrected chi connectivity index (χ0v) is 18.7. The predicted octanol–water partition coefficient (Wildman–Crippen LogP) is 4.16. The van der Waals surface area contributed by atoms with Gasteiger partial charge in [0.05, 0.1) is 17.1 Å². The van der Waals surface area contributed by atoms with Gasteiger partial charge in [-0.05, 0) is 50.5 Å². The summed E-state index contributed by atoms with van der Waals surface area (Å²) in [6, 6.07) is 8.19. The molecule has 2 heterocycles. The fraction of sp³-hybridized carbons (Fsp3) is 0.435. The lowest BCUT2D eigenvalue weighted by Crippen LogP contribution is -2.59. The summed E-state index contributed by atoms with van der Waals surface area (Å²) in [6.45, 7) is 4.83. The van der Waals surface area contributed by atoms with Gasteiger partial charge in [-0.25, -0.2) is 4.39 Å². The number of thiophene rings is 1. The molecule has 1 aliphatic carbocycles. The van der Waals surface area contributed by atoms with Crippen LogP contribution in [0.15, 0.2) is 30.3 Å². The highest BCUT2D eigenvalue weighted by Gasteiger charge is 2.41. The molecule has 1 fully saturated rings. The summed E-state index contributed by atoms with van der Waals surface area (Å²) in [5.41, 5.74) is 0.933. The van der Waals surface area contributed by atoms with Crippen LogP contribution in [0.1, 0.15) is 60.0 Å². The Kier molecular flexibility index (Phi) is 6.09. The molecule has 4 rings (SSSR count). The second kappa shape index (κ2) is 8.78. The number of benzene rings is 1. The standard InChI is InChI=1S/C23H27FN4O2S/c1-3-25-22(30)23(11-5-4-6-12-23)26-20(29)19-13-18-15(2)27-28(21(18)31-19)14-16-7-9-17(24)10-8-16/h7-10,13H,3-6,11-12,14H2,1-2H3,(H,25,30)(H,26,29). The lowest BCUT2D eigenvalue weighted by molar-refractivity contribution is -0.128. The van der Waals surface area contributed by atoms with Crippen molar-refractivity contribution in [3.05, 3.63) is 52.3 Å². The average molecular weight is 443 g/mol. The van der Waals surface area contributed by atoms with Gasteiger partial charge in [0.25, 0.3) is 5.91 Å². The second-order valence-corrected chi connectivity index (χ2v) is 9.19. The molecule has 0 radical (unpaired) electrons. The van der Waals surface area contributed by atoms with Crippen molar-refractivity contribution in [3.63, 3.8) is 0 Å². The smallest absolute Gasteiger partial charge is 0.262 e. The second-order valence-electron chi connectivity index (χ2n) is 8.16. The van der Waals surface area contributed by atoms with Crippen molar-refractivity contribution < 1.29 is 14.0 Å². The average Bonchev–Trinajstić information content (AvgIpc) is 3.32. The van der Waals surface area contributed by atoms with Crippen LogP contribution < -0.4 is 10.6 Å². The first kappa shape index (κ1) is 21.5. The number of hydrogen-bond donors (Lipinski definition) is 2. The van der Waals surface area contributed by atoms with E-state index in [4.69, 9.17) is 0 Å². The molecule has 0 unspecified atom stereocenters. The largest absolute Gasteiger partial charge is 0.354 e. The van der Waals surface area contributed by atoms with Crippen molar-refractivity contribution in [2.75, 3.05) is 6.54 Å². The van der Waals surface area contributed by atoms with E-state index < -0.39 is 5.54 Å². The van der Waals surface area contributed by atoms with Crippen LogP contribution in [0.4, 0.5) is 4.39 Å². The molecule has 1 aliphatic rings. The number of nitrogens with zero attached hydrogens (tertiary/aromatic N) is 2. The van der Waals surface area contributed by atoms with Crippen LogP contribution >= 0.6 is 11.3 Å². The number of fused-ring (bicyclic) bond motifs is 1. The third-order valence-corrected chi connectivity index (χ3v) is 7.06. The van der Waals surface area contributed by atoms with Gasteiger partial charge in [0, 0.05) is 11.9 Å². The van der Waals surface area contributed by atoms with E-state index in [9.17, 15) is 14.0 Å². The highest BCUT2D eigenvalue weighted by Crippen LogP contribution is 2.32. The van der Waals surface area contributed by atoms with Crippen LogP contribution in [0.2, 0.25) is 0 Å². The molecule has 1 aromatic carbocycles. The summed E-state index contributed by atoms with van der Waals surface area (Å²) in [7, 11) is 0. The summed E-state index contributed by atoms with van der Waals surface area (Å²) >= 11 is 1.37. The highest BCUT2D eigenvalue weighted by atomic mass is 32.1. The third-order valence-electron chi connectivity index (χ3n) is 5.91. The predicted molar refractivity (Wildman–Crippen MR) is 120 cm³/mol. The van der Waals surface area contributed by atoms with Crippen molar-refractivity contribution in [3.8, 4) is 0 Å². The van der Waals surface area contributed by atoms with Crippen LogP contribution in [0.25, 0.3) is 10.2 Å². The Labute approximate surface area is 184 Å². The number of likely N-dealkylation sites (N-methyl/N-ethyl adjacent to an activating group) is 1. The Morgan fingerprint density at radius 3 is 2.58 bits per heavy atom. The molecule has 0 atom stereocenters. The minimum atomic E-state index is -0.837. The molecule has 0 spiro atoms. The summed E-state index contributed by atoms with van der Waals surface area (Å²) in [5.74, 6) is -0.589. The summed E-state index contributed by atoms with van der Waals surface area (Å²) < 4.78 is 15.1. The number of hydrogen-bond acceptors (Lipinski definition) is 4. The van der Waals surface area contributed by atoms with Crippen LogP contribution in [-0.4, -0.2) is 33.7 Å². The van der Waals surface area contributed by atoms with Gasteiger partial charge >= 0.3 is 0 Å². The maximum Gasteiger partial charge on any atom is 0.262 e. The van der Waals surface area contributed by atoms with Gasteiger partial charge in [-0.15, -0.1) is 11.3 Å². The minimum Gasteiger partial charge on any atom is -0.354 e. The van der Waals surface area contributed by atoms with Crippen LogP contribution in [-0.2, 0) is 11.3 Å². The first-order valence-electron chi connectivity index (χ1n) is 10.7. The molecule has 1 saturated carbocycles. The van der Waals surface area contributed by atoms with Crippen molar-refractivity contribution >= 4 is 33.4 Å². The first-order valence-corrected chi connectivity index (χ1v) is 11.6. The molecule has 0 aliphatic heterocycles. The number of carbonyl (C=O) groups excluding carboxylic acids is 2. The Balaban J connectivity index is 1.59. The molecule has 0 bridgehead atoms. The van der Waals surface area contributed by atoms with E-state index in [0.717, 1.165) is 40.7 Å². The summed E-state index contributed by atoms with van der Waals surface area (Å²) in [5, 5.41) is 11.5. The zero-order chi connectivity index (χ0) is 22.0. The van der Waals surface area contributed by atoms with E-state index in [1.165, 1.54) is 23.5 Å². The SMILES string of the molecule is CCNC(=O)C1(NC(=O)c2cc3c(C)nn(Cc4ccc(F)cc4)c3s2)CCCCC1. The molecule has 164 valence electrons. The summed E-state index contributed by atoms with van der Waals surface area (Å²) in [6.07, 6.45) is 4.25. The fourth-order valence-corrected chi connectivity index (χ4v) is 5.32. The first-order chi connectivity index (χ1) is 14.9. The highest BCUT2D eigenvalue weighted by molar-refractivity contribution is 7.20. The number of aromatic nitrogens is 2. The molecule has 8 heteroatoms. The number of aryl methyl sites for hydroxylation is 1. The van der Waals surface area contributed by atoms with Crippen molar-refractivity contribution in [1.82, 2.24) is 20.4 Å². The maximum atomic E-state index is 13.2. The van der Waals surface area contributed by atoms with E-state index in [1.54, 1.807) is 12.1 Å². The lowest BCUT2D eigenvalue weighted by atomic mass is 9.80. The van der Waals surface area contributed by atoms with E-state index in [-0.39, 0.29) is 17.6 Å². The van der Waals surface area contributed by atoms with Gasteiger partial charge in [-0.2, -0.15) is 5.10 Å². The van der Waals surface area contributed by atoms with Crippen LogP contribution in [0.3, 0.4) is 0 Å². The Hall–Kier alpha value is -2.74. The van der Waals surface area contributed by atoms with Crippen molar-refractivity contribution in [2.24, 2.45) is 0 Å². The number of nitrogens with one attached hydrogen (secondary N) is 2.